The number of carbonyl (C=O) groups is 2. The topological polar surface area (TPSA) is 62.3 Å². The molecule has 0 bridgehead atoms. The van der Waals surface area contributed by atoms with Crippen molar-refractivity contribution in [1.82, 2.24) is 15.2 Å². The Hall–Kier alpha value is -2.12. The van der Waals surface area contributed by atoms with Crippen LogP contribution in [-0.4, -0.2) is 40.8 Å². The predicted octanol–water partition coefficient (Wildman–Crippen LogP) is 1.45. The molecule has 1 unspecified atom stereocenters. The molecule has 1 fully saturated rings. The fourth-order valence-electron chi connectivity index (χ4n) is 2.08. The minimum absolute atomic E-state index is 0.288. The lowest BCUT2D eigenvalue weighted by Crippen LogP contribution is -2.45. The van der Waals surface area contributed by atoms with Crippen LogP contribution in [0.1, 0.15) is 29.5 Å². The van der Waals surface area contributed by atoms with Gasteiger partial charge in [0.15, 0.2) is 0 Å². The van der Waals surface area contributed by atoms with Crippen LogP contribution >= 0.6 is 0 Å². The molecule has 1 saturated heterocycles. The summed E-state index contributed by atoms with van der Waals surface area (Å²) >= 11 is 0. The minimum atomic E-state index is -4.61. The van der Waals surface area contributed by atoms with Gasteiger partial charge in [-0.25, -0.2) is 4.98 Å². The number of alkyl halides is 3. The zero-order valence-corrected chi connectivity index (χ0v) is 11.3. The first kappa shape index (κ1) is 15.3. The Morgan fingerprint density at radius 1 is 1.43 bits per heavy atom. The molecule has 2 heterocycles. The van der Waals surface area contributed by atoms with Crippen LogP contribution in [-0.2, 0) is 11.0 Å². The molecule has 1 atom stereocenters. The van der Waals surface area contributed by atoms with Crippen LogP contribution in [0.25, 0.3) is 0 Å². The van der Waals surface area contributed by atoms with E-state index in [1.165, 1.54) is 17.9 Å². The molecule has 21 heavy (non-hydrogen) atoms. The lowest BCUT2D eigenvalue weighted by atomic mass is 10.2. The van der Waals surface area contributed by atoms with Crippen LogP contribution in [0.3, 0.4) is 0 Å². The normalized spacial score (nSPS) is 19.9. The highest BCUT2D eigenvalue weighted by Crippen LogP contribution is 2.27. The number of hydrogen-bond acceptors (Lipinski definition) is 3. The number of nitrogens with one attached hydrogen (secondary N) is 1. The molecule has 0 aromatic carbocycles. The summed E-state index contributed by atoms with van der Waals surface area (Å²) in [6.45, 7) is 2.26. The van der Waals surface area contributed by atoms with Gasteiger partial charge in [0.1, 0.15) is 17.4 Å². The summed E-state index contributed by atoms with van der Waals surface area (Å²) < 4.78 is 37.9. The molecule has 0 aliphatic carbocycles. The van der Waals surface area contributed by atoms with Crippen molar-refractivity contribution in [2.75, 3.05) is 13.1 Å². The van der Waals surface area contributed by atoms with Crippen molar-refractivity contribution in [2.45, 2.75) is 25.6 Å². The second-order valence-electron chi connectivity index (χ2n) is 4.72. The summed E-state index contributed by atoms with van der Waals surface area (Å²) in [5, 5.41) is 2.63. The third-order valence-electron chi connectivity index (χ3n) is 3.24. The van der Waals surface area contributed by atoms with Crippen molar-refractivity contribution in [2.24, 2.45) is 0 Å². The lowest BCUT2D eigenvalue weighted by Gasteiger charge is -2.25. The summed E-state index contributed by atoms with van der Waals surface area (Å²) in [6.07, 6.45) is -4.07. The number of carbonyl (C=O) groups excluding carboxylic acids is 2. The maximum absolute atomic E-state index is 12.6. The van der Waals surface area contributed by atoms with Gasteiger partial charge in [0.2, 0.25) is 5.91 Å². The van der Waals surface area contributed by atoms with E-state index in [9.17, 15) is 22.8 Å². The zero-order valence-electron chi connectivity index (χ0n) is 11.3. The molecule has 2 rings (SSSR count). The van der Waals surface area contributed by atoms with Crippen molar-refractivity contribution in [1.29, 1.82) is 0 Å². The van der Waals surface area contributed by atoms with E-state index in [-0.39, 0.29) is 18.1 Å². The van der Waals surface area contributed by atoms with Crippen LogP contribution in [0.4, 0.5) is 13.2 Å². The average Bonchev–Trinajstić information content (AvgIpc) is 2.60. The number of pyridine rings is 1. The van der Waals surface area contributed by atoms with E-state index >= 15 is 0 Å². The molecule has 1 aliphatic heterocycles. The van der Waals surface area contributed by atoms with E-state index in [0.717, 1.165) is 12.1 Å². The van der Waals surface area contributed by atoms with E-state index < -0.39 is 23.8 Å². The van der Waals surface area contributed by atoms with Gasteiger partial charge in [0.25, 0.3) is 5.91 Å². The summed E-state index contributed by atoms with van der Waals surface area (Å²) in [6, 6.07) is 2.41. The van der Waals surface area contributed by atoms with Gasteiger partial charge in [-0.3, -0.25) is 9.59 Å². The molecule has 5 nitrogen and oxygen atoms in total. The fourth-order valence-corrected chi connectivity index (χ4v) is 2.08. The molecule has 0 saturated carbocycles. The van der Waals surface area contributed by atoms with Crippen LogP contribution < -0.4 is 5.32 Å². The van der Waals surface area contributed by atoms with E-state index in [2.05, 4.69) is 10.3 Å². The molecule has 0 radical (unpaired) electrons. The van der Waals surface area contributed by atoms with Gasteiger partial charge in [0, 0.05) is 13.1 Å². The highest BCUT2D eigenvalue weighted by Gasteiger charge is 2.34. The molecule has 1 N–H and O–H groups in total. The fraction of sp³-hybridized carbons (Fsp3) is 0.462. The summed E-state index contributed by atoms with van der Waals surface area (Å²) in [7, 11) is 0. The van der Waals surface area contributed by atoms with Gasteiger partial charge in [-0.05, 0) is 25.5 Å². The summed E-state index contributed by atoms with van der Waals surface area (Å²) in [5.41, 5.74) is -1.44. The Balaban J connectivity index is 2.29. The van der Waals surface area contributed by atoms with Gasteiger partial charge in [-0.2, -0.15) is 13.2 Å². The molecular weight excluding hydrogens is 287 g/mol. The summed E-state index contributed by atoms with van der Waals surface area (Å²) in [4.78, 5) is 28.6. The van der Waals surface area contributed by atoms with E-state index in [4.69, 9.17) is 0 Å². The first-order valence-corrected chi connectivity index (χ1v) is 6.43. The van der Waals surface area contributed by atoms with E-state index in [0.29, 0.717) is 13.0 Å². The average molecular weight is 301 g/mol. The highest BCUT2D eigenvalue weighted by atomic mass is 19.4. The van der Waals surface area contributed by atoms with Gasteiger partial charge < -0.3 is 10.2 Å². The van der Waals surface area contributed by atoms with E-state index in [1.807, 2.05) is 0 Å². The van der Waals surface area contributed by atoms with Crippen molar-refractivity contribution in [3.8, 4) is 0 Å². The van der Waals surface area contributed by atoms with Crippen molar-refractivity contribution in [3.63, 3.8) is 0 Å². The lowest BCUT2D eigenvalue weighted by molar-refractivity contribution is -0.141. The van der Waals surface area contributed by atoms with Crippen LogP contribution in [0, 0.1) is 0 Å². The van der Waals surface area contributed by atoms with Crippen LogP contribution in [0.15, 0.2) is 18.2 Å². The predicted molar refractivity (Wildman–Crippen MR) is 67.4 cm³/mol. The van der Waals surface area contributed by atoms with Gasteiger partial charge in [0.05, 0.1) is 0 Å². The largest absolute Gasteiger partial charge is 0.433 e. The minimum Gasteiger partial charge on any atom is -0.354 e. The van der Waals surface area contributed by atoms with Crippen molar-refractivity contribution in [3.05, 3.63) is 29.6 Å². The molecule has 1 aromatic rings. The van der Waals surface area contributed by atoms with Crippen molar-refractivity contribution >= 4 is 11.8 Å². The summed E-state index contributed by atoms with van der Waals surface area (Å²) in [5.74, 6) is -1.00. The van der Waals surface area contributed by atoms with Crippen molar-refractivity contribution < 1.29 is 22.8 Å². The smallest absolute Gasteiger partial charge is 0.354 e. The number of rotatable bonds is 1. The number of hydrogen-bond donors (Lipinski definition) is 1. The number of aromatic nitrogens is 1. The van der Waals surface area contributed by atoms with Crippen LogP contribution in [0.5, 0.6) is 0 Å². The van der Waals surface area contributed by atoms with Gasteiger partial charge in [-0.1, -0.05) is 6.07 Å². The Morgan fingerprint density at radius 3 is 2.81 bits per heavy atom. The first-order valence-electron chi connectivity index (χ1n) is 6.43. The third-order valence-corrected chi connectivity index (χ3v) is 3.24. The molecular formula is C13H14F3N3O2. The Labute approximate surface area is 119 Å². The Morgan fingerprint density at radius 2 is 2.14 bits per heavy atom. The SMILES string of the molecule is CC1C(=O)NCCCN1C(=O)c1cccc(C(F)(F)F)n1. The Kier molecular flexibility index (Phi) is 4.15. The second kappa shape index (κ2) is 5.71. The molecule has 0 spiro atoms. The highest BCUT2D eigenvalue weighted by molar-refractivity contribution is 5.96. The quantitative estimate of drug-likeness (QED) is 0.854. The van der Waals surface area contributed by atoms with Gasteiger partial charge in [-0.15, -0.1) is 0 Å². The first-order chi connectivity index (χ1) is 9.80. The van der Waals surface area contributed by atoms with E-state index in [1.54, 1.807) is 0 Å². The maximum Gasteiger partial charge on any atom is 0.433 e. The third kappa shape index (κ3) is 3.32. The molecule has 1 aliphatic rings. The zero-order chi connectivity index (χ0) is 15.6. The second-order valence-corrected chi connectivity index (χ2v) is 4.72. The Bertz CT molecular complexity index is 560. The molecule has 114 valence electrons. The monoisotopic (exact) mass is 301 g/mol. The number of halogens is 3. The molecule has 8 heteroatoms. The number of nitrogens with zero attached hydrogens (tertiary/aromatic N) is 2. The van der Waals surface area contributed by atoms with Gasteiger partial charge >= 0.3 is 6.18 Å². The molecule has 2 amide bonds. The number of amides is 2. The molecule has 1 aromatic heterocycles. The maximum atomic E-state index is 12.6. The standard InChI is InChI=1S/C13H14F3N3O2/c1-8-11(20)17-6-3-7-19(8)12(21)9-4-2-5-10(18-9)13(14,15)16/h2,4-5,8H,3,6-7H2,1H3,(H,17,20). The van der Waals surface area contributed by atoms with Crippen LogP contribution in [0.2, 0.25) is 0 Å².